The fraction of sp³-hybridized carbons (Fsp3) is 0.182. The number of aryl methyl sites for hydroxylation is 1. The van der Waals surface area contributed by atoms with E-state index in [1.165, 1.54) is 6.33 Å². The smallest absolute Gasteiger partial charge is 0.276 e. The molecule has 0 amide bonds. The lowest BCUT2D eigenvalue weighted by atomic mass is 10.3. The molecule has 18 heavy (non-hydrogen) atoms. The maximum atomic E-state index is 11.3. The second-order valence-electron chi connectivity index (χ2n) is 3.90. The SMILES string of the molecule is Cn1nccc1-c1ccc(Cn2cn[nH]c2=O)s1. The van der Waals surface area contributed by atoms with Crippen LogP contribution in [0.3, 0.4) is 0 Å². The van der Waals surface area contributed by atoms with E-state index in [-0.39, 0.29) is 5.69 Å². The van der Waals surface area contributed by atoms with Gasteiger partial charge < -0.3 is 0 Å². The molecular formula is C11H11N5OS. The molecule has 0 saturated heterocycles. The first-order chi connectivity index (χ1) is 8.74. The van der Waals surface area contributed by atoms with Crippen molar-refractivity contribution in [3.8, 4) is 10.6 Å². The Morgan fingerprint density at radius 2 is 2.28 bits per heavy atom. The van der Waals surface area contributed by atoms with Crippen LogP contribution in [0.2, 0.25) is 0 Å². The summed E-state index contributed by atoms with van der Waals surface area (Å²) in [6, 6.07) is 6.04. The topological polar surface area (TPSA) is 68.5 Å². The van der Waals surface area contributed by atoms with Gasteiger partial charge in [0.2, 0.25) is 0 Å². The highest BCUT2D eigenvalue weighted by Gasteiger charge is 2.07. The molecule has 0 aliphatic heterocycles. The summed E-state index contributed by atoms with van der Waals surface area (Å²) in [7, 11) is 1.91. The molecular weight excluding hydrogens is 250 g/mol. The van der Waals surface area contributed by atoms with Gasteiger partial charge in [-0.25, -0.2) is 9.89 Å². The second-order valence-corrected chi connectivity index (χ2v) is 5.06. The fourth-order valence-corrected chi connectivity index (χ4v) is 2.83. The summed E-state index contributed by atoms with van der Waals surface area (Å²) in [4.78, 5) is 13.6. The molecule has 3 aromatic rings. The van der Waals surface area contributed by atoms with Gasteiger partial charge in [0.15, 0.2) is 0 Å². The van der Waals surface area contributed by atoms with Crippen LogP contribution in [-0.4, -0.2) is 24.5 Å². The van der Waals surface area contributed by atoms with E-state index in [0.717, 1.165) is 15.4 Å². The number of nitrogens with one attached hydrogen (secondary N) is 1. The zero-order valence-electron chi connectivity index (χ0n) is 9.70. The normalized spacial score (nSPS) is 10.9. The van der Waals surface area contributed by atoms with Crippen LogP contribution in [0.5, 0.6) is 0 Å². The van der Waals surface area contributed by atoms with Crippen molar-refractivity contribution in [2.75, 3.05) is 0 Å². The van der Waals surface area contributed by atoms with Gasteiger partial charge in [0.05, 0.1) is 17.1 Å². The third kappa shape index (κ3) is 1.88. The van der Waals surface area contributed by atoms with Crippen LogP contribution in [0.4, 0.5) is 0 Å². The molecule has 6 nitrogen and oxygen atoms in total. The van der Waals surface area contributed by atoms with Gasteiger partial charge in [-0.3, -0.25) is 9.25 Å². The van der Waals surface area contributed by atoms with Crippen LogP contribution in [0, 0.1) is 0 Å². The van der Waals surface area contributed by atoms with Crippen LogP contribution in [0.1, 0.15) is 4.88 Å². The van der Waals surface area contributed by atoms with Gasteiger partial charge in [0.1, 0.15) is 6.33 Å². The van der Waals surface area contributed by atoms with E-state index in [4.69, 9.17) is 0 Å². The molecule has 0 fully saturated rings. The van der Waals surface area contributed by atoms with E-state index < -0.39 is 0 Å². The molecule has 0 unspecified atom stereocenters. The van der Waals surface area contributed by atoms with E-state index >= 15 is 0 Å². The molecule has 1 N–H and O–H groups in total. The Bertz CT molecular complexity index is 719. The van der Waals surface area contributed by atoms with Crippen LogP contribution in [-0.2, 0) is 13.6 Å². The fourth-order valence-electron chi connectivity index (χ4n) is 1.77. The molecule has 0 spiro atoms. The number of aromatic amines is 1. The lowest BCUT2D eigenvalue weighted by Gasteiger charge is -1.97. The molecule has 0 aliphatic carbocycles. The first-order valence-corrected chi connectivity index (χ1v) is 6.22. The van der Waals surface area contributed by atoms with Gasteiger partial charge in [-0.2, -0.15) is 10.2 Å². The first kappa shape index (κ1) is 11.0. The second kappa shape index (κ2) is 4.26. The Kier molecular flexibility index (Phi) is 2.60. The van der Waals surface area contributed by atoms with E-state index in [1.807, 2.05) is 29.9 Å². The number of aromatic nitrogens is 5. The average Bonchev–Trinajstić information content (AvgIpc) is 3.03. The van der Waals surface area contributed by atoms with Crippen molar-refractivity contribution in [3.05, 3.63) is 46.1 Å². The lowest BCUT2D eigenvalue weighted by molar-refractivity contribution is 0.772. The van der Waals surface area contributed by atoms with Crippen molar-refractivity contribution in [2.45, 2.75) is 6.54 Å². The molecule has 0 saturated carbocycles. The molecule has 92 valence electrons. The van der Waals surface area contributed by atoms with Crippen molar-refractivity contribution >= 4 is 11.3 Å². The summed E-state index contributed by atoms with van der Waals surface area (Å²) >= 11 is 1.65. The van der Waals surface area contributed by atoms with Gasteiger partial charge in [-0.1, -0.05) is 0 Å². The summed E-state index contributed by atoms with van der Waals surface area (Å²) in [6.07, 6.45) is 3.28. The molecule has 3 heterocycles. The Morgan fingerprint density at radius 3 is 2.94 bits per heavy atom. The van der Waals surface area contributed by atoms with Crippen LogP contribution < -0.4 is 5.69 Å². The highest BCUT2D eigenvalue weighted by Crippen LogP contribution is 2.27. The predicted octanol–water partition coefficient (Wildman–Crippen LogP) is 1.08. The highest BCUT2D eigenvalue weighted by molar-refractivity contribution is 7.15. The summed E-state index contributed by atoms with van der Waals surface area (Å²) in [5.74, 6) is 0. The van der Waals surface area contributed by atoms with Crippen molar-refractivity contribution in [2.24, 2.45) is 7.05 Å². The number of rotatable bonds is 3. The summed E-state index contributed by atoms with van der Waals surface area (Å²) < 4.78 is 3.37. The Hall–Kier alpha value is -2.15. The zero-order valence-corrected chi connectivity index (χ0v) is 10.5. The number of hydrogen-bond donors (Lipinski definition) is 1. The van der Waals surface area contributed by atoms with Gasteiger partial charge in [0, 0.05) is 18.1 Å². The van der Waals surface area contributed by atoms with Gasteiger partial charge >= 0.3 is 5.69 Å². The van der Waals surface area contributed by atoms with Gasteiger partial charge in [-0.05, 0) is 18.2 Å². The van der Waals surface area contributed by atoms with Crippen LogP contribution in [0.15, 0.2) is 35.5 Å². The summed E-state index contributed by atoms with van der Waals surface area (Å²) in [5.41, 5.74) is 0.885. The third-order valence-corrected chi connectivity index (χ3v) is 3.77. The monoisotopic (exact) mass is 261 g/mol. The molecule has 0 atom stereocenters. The molecule has 0 radical (unpaired) electrons. The zero-order chi connectivity index (χ0) is 12.5. The van der Waals surface area contributed by atoms with Crippen molar-refractivity contribution < 1.29 is 0 Å². The molecule has 7 heteroatoms. The quantitative estimate of drug-likeness (QED) is 0.767. The minimum atomic E-state index is -0.189. The van der Waals surface area contributed by atoms with Gasteiger partial charge in [-0.15, -0.1) is 11.3 Å². The third-order valence-electron chi connectivity index (χ3n) is 2.68. The number of hydrogen-bond acceptors (Lipinski definition) is 4. The minimum Gasteiger partial charge on any atom is -0.276 e. The Morgan fingerprint density at radius 1 is 1.39 bits per heavy atom. The maximum absolute atomic E-state index is 11.3. The number of nitrogens with zero attached hydrogens (tertiary/aromatic N) is 4. The van der Waals surface area contributed by atoms with Gasteiger partial charge in [0.25, 0.3) is 0 Å². The van der Waals surface area contributed by atoms with E-state index in [0.29, 0.717) is 6.54 Å². The number of thiophene rings is 1. The van der Waals surface area contributed by atoms with E-state index in [2.05, 4.69) is 15.3 Å². The molecule has 3 aromatic heterocycles. The standard InChI is InChI=1S/C11H11N5OS/c1-15-9(4-5-13-15)10-3-2-8(18-10)6-16-7-12-14-11(16)17/h2-5,7H,6H2,1H3,(H,14,17). The van der Waals surface area contributed by atoms with Crippen LogP contribution in [0.25, 0.3) is 10.6 Å². The Balaban J connectivity index is 1.89. The van der Waals surface area contributed by atoms with Crippen molar-refractivity contribution in [1.82, 2.24) is 24.5 Å². The summed E-state index contributed by atoms with van der Waals surface area (Å²) in [6.45, 7) is 0.540. The predicted molar refractivity (Wildman–Crippen MR) is 68.5 cm³/mol. The first-order valence-electron chi connectivity index (χ1n) is 5.41. The minimum absolute atomic E-state index is 0.189. The number of H-pyrrole nitrogens is 1. The molecule has 3 rings (SSSR count). The highest BCUT2D eigenvalue weighted by atomic mass is 32.1. The Labute approximate surface area is 107 Å². The average molecular weight is 261 g/mol. The lowest BCUT2D eigenvalue weighted by Crippen LogP contribution is -2.16. The van der Waals surface area contributed by atoms with Crippen LogP contribution >= 0.6 is 11.3 Å². The molecule has 0 bridgehead atoms. The summed E-state index contributed by atoms with van der Waals surface area (Å²) in [5, 5.41) is 10.2. The van der Waals surface area contributed by atoms with E-state index in [9.17, 15) is 4.79 Å². The largest absolute Gasteiger partial charge is 0.343 e. The molecule has 0 aliphatic rings. The molecule has 0 aromatic carbocycles. The van der Waals surface area contributed by atoms with E-state index in [1.54, 1.807) is 22.1 Å². The maximum Gasteiger partial charge on any atom is 0.343 e. The van der Waals surface area contributed by atoms with Crippen molar-refractivity contribution in [3.63, 3.8) is 0 Å². The van der Waals surface area contributed by atoms with Crippen molar-refractivity contribution in [1.29, 1.82) is 0 Å².